The number of rotatable bonds is 6. The van der Waals surface area contributed by atoms with Gasteiger partial charge in [0.1, 0.15) is 0 Å². The zero-order valence-corrected chi connectivity index (χ0v) is 10.9. The lowest BCUT2D eigenvalue weighted by molar-refractivity contribution is 0.0941. The fraction of sp³-hybridized carbons (Fsp3) is 1.00. The molecule has 1 saturated heterocycles. The van der Waals surface area contributed by atoms with E-state index in [9.17, 15) is 0 Å². The van der Waals surface area contributed by atoms with Gasteiger partial charge in [-0.25, -0.2) is 0 Å². The zero-order chi connectivity index (χ0) is 11.5. The van der Waals surface area contributed by atoms with E-state index in [1.807, 2.05) is 7.11 Å². The van der Waals surface area contributed by atoms with Crippen molar-refractivity contribution >= 4 is 0 Å². The van der Waals surface area contributed by atoms with E-state index in [2.05, 4.69) is 24.1 Å². The Morgan fingerprint density at radius 2 is 2.06 bits per heavy atom. The van der Waals surface area contributed by atoms with Gasteiger partial charge in [-0.05, 0) is 25.2 Å². The maximum Gasteiger partial charge on any atom is 0.0710 e. The first-order valence-electron chi connectivity index (χ1n) is 6.71. The lowest BCUT2D eigenvalue weighted by Gasteiger charge is -2.31. The topological polar surface area (TPSA) is 24.5 Å². The minimum Gasteiger partial charge on any atom is -0.380 e. The van der Waals surface area contributed by atoms with Crippen molar-refractivity contribution < 1.29 is 4.74 Å². The van der Waals surface area contributed by atoms with Gasteiger partial charge in [0.05, 0.1) is 6.10 Å². The molecule has 2 atom stereocenters. The number of methoxy groups -OCH3 is 1. The Morgan fingerprint density at radius 1 is 1.31 bits per heavy atom. The van der Waals surface area contributed by atoms with Crippen molar-refractivity contribution in [2.45, 2.75) is 51.3 Å². The number of hydrogen-bond acceptors (Lipinski definition) is 3. The third kappa shape index (κ3) is 3.19. The molecule has 3 heteroatoms. The zero-order valence-electron chi connectivity index (χ0n) is 10.9. The Morgan fingerprint density at radius 3 is 2.56 bits per heavy atom. The van der Waals surface area contributed by atoms with Gasteiger partial charge in [0.2, 0.25) is 0 Å². The number of ether oxygens (including phenoxy) is 1. The fourth-order valence-electron chi connectivity index (χ4n) is 2.61. The van der Waals surface area contributed by atoms with E-state index in [0.717, 1.165) is 25.0 Å². The number of nitrogens with zero attached hydrogens (tertiary/aromatic N) is 1. The maximum absolute atomic E-state index is 5.45. The predicted octanol–water partition coefficient (Wildman–Crippen LogP) is 1.48. The summed E-state index contributed by atoms with van der Waals surface area (Å²) in [4.78, 5) is 2.61. The Bertz CT molecular complexity index is 216. The third-order valence-corrected chi connectivity index (χ3v) is 3.94. The van der Waals surface area contributed by atoms with E-state index in [1.165, 1.54) is 25.8 Å². The van der Waals surface area contributed by atoms with Gasteiger partial charge >= 0.3 is 0 Å². The van der Waals surface area contributed by atoms with Crippen molar-refractivity contribution in [3.63, 3.8) is 0 Å². The molecule has 1 N–H and O–H groups in total. The van der Waals surface area contributed by atoms with E-state index < -0.39 is 0 Å². The molecule has 2 aliphatic rings. The Kier molecular flexibility index (Phi) is 4.22. The van der Waals surface area contributed by atoms with Gasteiger partial charge in [-0.1, -0.05) is 13.8 Å². The number of hydrogen-bond donors (Lipinski definition) is 1. The Labute approximate surface area is 99.5 Å². The van der Waals surface area contributed by atoms with Gasteiger partial charge in [0.15, 0.2) is 0 Å². The summed E-state index contributed by atoms with van der Waals surface area (Å²) in [6.07, 6.45) is 4.42. The van der Waals surface area contributed by atoms with Crippen LogP contribution in [0.5, 0.6) is 0 Å². The summed E-state index contributed by atoms with van der Waals surface area (Å²) in [5.41, 5.74) is 0. The summed E-state index contributed by atoms with van der Waals surface area (Å²) in [5, 5.41) is 3.67. The van der Waals surface area contributed by atoms with Crippen molar-refractivity contribution in [3.8, 4) is 0 Å². The molecule has 2 unspecified atom stereocenters. The molecule has 94 valence electrons. The summed E-state index contributed by atoms with van der Waals surface area (Å²) in [7, 11) is 1.83. The third-order valence-electron chi connectivity index (χ3n) is 3.94. The van der Waals surface area contributed by atoms with E-state index >= 15 is 0 Å². The van der Waals surface area contributed by atoms with Gasteiger partial charge in [-0.2, -0.15) is 0 Å². The molecule has 2 rings (SSSR count). The summed E-state index contributed by atoms with van der Waals surface area (Å²) < 4.78 is 5.45. The molecule has 16 heavy (non-hydrogen) atoms. The number of likely N-dealkylation sites (tertiary alicyclic amines) is 1. The second kappa shape index (κ2) is 5.48. The van der Waals surface area contributed by atoms with Crippen LogP contribution in [0.1, 0.15) is 33.1 Å². The molecule has 1 aliphatic heterocycles. The molecule has 1 heterocycles. The van der Waals surface area contributed by atoms with Crippen LogP contribution in [-0.4, -0.2) is 49.8 Å². The van der Waals surface area contributed by atoms with Gasteiger partial charge in [0, 0.05) is 38.8 Å². The minimum absolute atomic E-state index is 0.460. The average Bonchev–Trinajstić information content (AvgIpc) is 2.95. The van der Waals surface area contributed by atoms with Crippen LogP contribution in [0.25, 0.3) is 0 Å². The first-order chi connectivity index (χ1) is 7.70. The van der Waals surface area contributed by atoms with Crippen molar-refractivity contribution in [2.75, 3.05) is 26.7 Å². The standard InChI is InChI=1S/C13H26N2O/c1-10(2)13(8-14-11-4-5-11)15-7-6-12(9-15)16-3/h10-14H,4-9H2,1-3H3. The largest absolute Gasteiger partial charge is 0.380 e. The molecular formula is C13H26N2O. The average molecular weight is 226 g/mol. The molecular weight excluding hydrogens is 200 g/mol. The normalized spacial score (nSPS) is 28.9. The first kappa shape index (κ1) is 12.3. The molecule has 0 bridgehead atoms. The highest BCUT2D eigenvalue weighted by molar-refractivity contribution is 4.88. The van der Waals surface area contributed by atoms with Crippen LogP contribution in [0, 0.1) is 5.92 Å². The smallest absolute Gasteiger partial charge is 0.0710 e. The van der Waals surface area contributed by atoms with Crippen LogP contribution in [0.4, 0.5) is 0 Å². The van der Waals surface area contributed by atoms with Crippen molar-refractivity contribution in [2.24, 2.45) is 5.92 Å². The number of nitrogens with one attached hydrogen (secondary N) is 1. The quantitative estimate of drug-likeness (QED) is 0.742. The summed E-state index contributed by atoms with van der Waals surface area (Å²) in [5.74, 6) is 0.724. The van der Waals surface area contributed by atoms with Gasteiger partial charge < -0.3 is 10.1 Å². The van der Waals surface area contributed by atoms with Crippen LogP contribution < -0.4 is 5.32 Å². The lowest BCUT2D eigenvalue weighted by atomic mass is 10.0. The molecule has 0 spiro atoms. The summed E-state index contributed by atoms with van der Waals surface area (Å²) in [6.45, 7) is 8.14. The van der Waals surface area contributed by atoms with E-state index in [-0.39, 0.29) is 0 Å². The molecule has 1 aliphatic carbocycles. The van der Waals surface area contributed by atoms with Crippen molar-refractivity contribution in [1.82, 2.24) is 10.2 Å². The van der Waals surface area contributed by atoms with E-state index in [1.54, 1.807) is 0 Å². The van der Waals surface area contributed by atoms with Crippen molar-refractivity contribution in [3.05, 3.63) is 0 Å². The maximum atomic E-state index is 5.45. The Hall–Kier alpha value is -0.120. The highest BCUT2D eigenvalue weighted by Crippen LogP contribution is 2.22. The first-order valence-corrected chi connectivity index (χ1v) is 6.71. The van der Waals surface area contributed by atoms with Gasteiger partial charge in [-0.3, -0.25) is 4.90 Å². The summed E-state index contributed by atoms with van der Waals surface area (Å²) in [6, 6.07) is 1.50. The minimum atomic E-state index is 0.460. The van der Waals surface area contributed by atoms with E-state index in [0.29, 0.717) is 12.1 Å². The molecule has 0 aromatic rings. The lowest BCUT2D eigenvalue weighted by Crippen LogP contribution is -2.45. The molecule has 0 aromatic carbocycles. The van der Waals surface area contributed by atoms with Gasteiger partial charge in [-0.15, -0.1) is 0 Å². The highest BCUT2D eigenvalue weighted by atomic mass is 16.5. The summed E-state index contributed by atoms with van der Waals surface area (Å²) >= 11 is 0. The monoisotopic (exact) mass is 226 g/mol. The second-order valence-electron chi connectivity index (χ2n) is 5.64. The van der Waals surface area contributed by atoms with Crippen LogP contribution >= 0.6 is 0 Å². The predicted molar refractivity (Wildman–Crippen MR) is 66.6 cm³/mol. The van der Waals surface area contributed by atoms with Crippen LogP contribution in [0.3, 0.4) is 0 Å². The molecule has 0 radical (unpaired) electrons. The second-order valence-corrected chi connectivity index (χ2v) is 5.64. The van der Waals surface area contributed by atoms with Crippen molar-refractivity contribution in [1.29, 1.82) is 0 Å². The van der Waals surface area contributed by atoms with Crippen LogP contribution in [0.2, 0.25) is 0 Å². The molecule has 2 fully saturated rings. The molecule has 3 nitrogen and oxygen atoms in total. The highest BCUT2D eigenvalue weighted by Gasteiger charge is 2.31. The fourth-order valence-corrected chi connectivity index (χ4v) is 2.61. The van der Waals surface area contributed by atoms with Gasteiger partial charge in [0.25, 0.3) is 0 Å². The van der Waals surface area contributed by atoms with E-state index in [4.69, 9.17) is 4.74 Å². The molecule has 0 amide bonds. The SMILES string of the molecule is COC1CCN(C(CNC2CC2)C(C)C)C1. The molecule has 1 saturated carbocycles. The Balaban J connectivity index is 1.80. The van der Waals surface area contributed by atoms with Crippen LogP contribution in [-0.2, 0) is 4.74 Å². The molecule has 0 aromatic heterocycles. The van der Waals surface area contributed by atoms with Crippen LogP contribution in [0.15, 0.2) is 0 Å².